The lowest BCUT2D eigenvalue weighted by Crippen LogP contribution is -2.26. The fraction of sp³-hybridized carbons (Fsp3) is 0.286. The Morgan fingerprint density at radius 2 is 1.92 bits per heavy atom. The molecule has 0 aliphatic heterocycles. The number of carbonyl (C=O) groups is 2. The molecule has 0 saturated heterocycles. The van der Waals surface area contributed by atoms with Gasteiger partial charge >= 0.3 is 0 Å². The van der Waals surface area contributed by atoms with E-state index in [0.717, 1.165) is 22.4 Å². The molecular weight excluding hydrogens is 454 g/mol. The molecular formula is C28H29N5O3. The van der Waals surface area contributed by atoms with Crippen LogP contribution in [0.1, 0.15) is 63.2 Å². The van der Waals surface area contributed by atoms with E-state index in [9.17, 15) is 14.7 Å². The van der Waals surface area contributed by atoms with Gasteiger partial charge in [0.1, 0.15) is 11.8 Å². The molecule has 3 N–H and O–H groups in total. The summed E-state index contributed by atoms with van der Waals surface area (Å²) in [6, 6.07) is 15.2. The van der Waals surface area contributed by atoms with Crippen molar-refractivity contribution in [1.29, 1.82) is 0 Å². The van der Waals surface area contributed by atoms with Crippen molar-refractivity contribution in [1.82, 2.24) is 19.9 Å². The Balaban J connectivity index is 1.41. The highest BCUT2D eigenvalue weighted by atomic mass is 16.3. The van der Waals surface area contributed by atoms with Crippen LogP contribution in [0.2, 0.25) is 0 Å². The van der Waals surface area contributed by atoms with E-state index >= 15 is 0 Å². The van der Waals surface area contributed by atoms with Crippen molar-refractivity contribution in [2.75, 3.05) is 5.32 Å². The molecule has 3 atom stereocenters. The van der Waals surface area contributed by atoms with E-state index in [4.69, 9.17) is 0 Å². The normalized spacial score (nSPS) is 17.6. The summed E-state index contributed by atoms with van der Waals surface area (Å²) in [6.45, 7) is 5.78. The van der Waals surface area contributed by atoms with Crippen LogP contribution in [0.5, 0.6) is 0 Å². The van der Waals surface area contributed by atoms with Crippen molar-refractivity contribution in [2.45, 2.75) is 45.8 Å². The molecule has 1 saturated carbocycles. The van der Waals surface area contributed by atoms with E-state index in [1.807, 2.05) is 69.3 Å². The van der Waals surface area contributed by atoms with E-state index < -0.39 is 0 Å². The number of aryl methyl sites for hydroxylation is 2. The topological polar surface area (TPSA) is 109 Å². The fourth-order valence-corrected chi connectivity index (χ4v) is 4.45. The van der Waals surface area contributed by atoms with Crippen LogP contribution < -0.4 is 10.6 Å². The molecule has 8 nitrogen and oxygen atoms in total. The number of Topliss-reactive ketones (excluding diaryl/α,β-unsaturated/α-hetero) is 1. The molecule has 5 rings (SSSR count). The van der Waals surface area contributed by atoms with Gasteiger partial charge in [0.15, 0.2) is 11.6 Å². The number of hydrogen-bond donors (Lipinski definition) is 3. The Morgan fingerprint density at radius 1 is 1.17 bits per heavy atom. The lowest BCUT2D eigenvalue weighted by Gasteiger charge is -2.14. The maximum atomic E-state index is 13.1. The maximum absolute atomic E-state index is 13.1. The minimum atomic E-state index is -0.356. The molecule has 36 heavy (non-hydrogen) atoms. The summed E-state index contributed by atoms with van der Waals surface area (Å²) in [5, 5.41) is 20.3. The molecule has 2 aromatic heterocycles. The number of benzene rings is 2. The van der Waals surface area contributed by atoms with Crippen LogP contribution >= 0.6 is 0 Å². The first-order valence-corrected chi connectivity index (χ1v) is 12.1. The first kappa shape index (κ1) is 23.7. The van der Waals surface area contributed by atoms with Crippen LogP contribution in [0.25, 0.3) is 5.52 Å². The number of carbonyl (C=O) groups excluding carboxylic acids is 2. The van der Waals surface area contributed by atoms with E-state index in [2.05, 4.69) is 20.7 Å². The Bertz CT molecular complexity index is 1450. The number of aromatic nitrogens is 3. The second-order valence-electron chi connectivity index (χ2n) is 9.52. The Hall–Kier alpha value is -4.04. The van der Waals surface area contributed by atoms with Crippen LogP contribution in [0.15, 0.2) is 61.1 Å². The van der Waals surface area contributed by atoms with Gasteiger partial charge in [-0.05, 0) is 55.9 Å². The molecule has 0 radical (unpaired) electrons. The van der Waals surface area contributed by atoms with Crippen LogP contribution in [0.4, 0.5) is 11.5 Å². The van der Waals surface area contributed by atoms with Gasteiger partial charge in [-0.1, -0.05) is 42.5 Å². The number of ketones is 1. The highest BCUT2D eigenvalue weighted by molar-refractivity contribution is 6.00. The van der Waals surface area contributed by atoms with Gasteiger partial charge in [0.05, 0.1) is 17.7 Å². The number of amides is 1. The van der Waals surface area contributed by atoms with Crippen molar-refractivity contribution < 1.29 is 14.7 Å². The fourth-order valence-electron chi connectivity index (χ4n) is 4.45. The zero-order valence-corrected chi connectivity index (χ0v) is 20.5. The second kappa shape index (κ2) is 9.54. The van der Waals surface area contributed by atoms with Crippen molar-refractivity contribution in [2.24, 2.45) is 5.92 Å². The molecule has 1 aliphatic rings. The summed E-state index contributed by atoms with van der Waals surface area (Å²) >= 11 is 0. The largest absolute Gasteiger partial charge is 0.393 e. The number of aliphatic hydroxyl groups excluding tert-OH is 1. The predicted molar refractivity (Wildman–Crippen MR) is 138 cm³/mol. The van der Waals surface area contributed by atoms with Crippen molar-refractivity contribution in [3.63, 3.8) is 0 Å². The van der Waals surface area contributed by atoms with Gasteiger partial charge in [-0.15, -0.1) is 0 Å². The van der Waals surface area contributed by atoms with E-state index in [1.54, 1.807) is 10.7 Å². The highest BCUT2D eigenvalue weighted by Crippen LogP contribution is 2.35. The summed E-state index contributed by atoms with van der Waals surface area (Å²) in [5.41, 5.74) is 5.28. The van der Waals surface area contributed by atoms with Gasteiger partial charge in [-0.3, -0.25) is 9.59 Å². The van der Waals surface area contributed by atoms with E-state index in [1.165, 1.54) is 6.33 Å². The third-order valence-electron chi connectivity index (χ3n) is 6.86. The molecule has 0 unspecified atom stereocenters. The molecule has 1 amide bonds. The molecule has 1 fully saturated rings. The summed E-state index contributed by atoms with van der Waals surface area (Å²) < 4.78 is 1.64. The zero-order chi connectivity index (χ0) is 25.4. The number of fused-ring (bicyclic) bond motifs is 1. The van der Waals surface area contributed by atoms with Gasteiger partial charge in [-0.2, -0.15) is 5.10 Å². The van der Waals surface area contributed by atoms with Crippen LogP contribution in [-0.2, 0) is 0 Å². The average Bonchev–Trinajstić information content (AvgIpc) is 3.45. The highest BCUT2D eigenvalue weighted by Gasteiger charge is 2.36. The molecule has 2 heterocycles. The van der Waals surface area contributed by atoms with Crippen molar-refractivity contribution in [3.8, 4) is 0 Å². The Morgan fingerprint density at radius 3 is 2.64 bits per heavy atom. The van der Waals surface area contributed by atoms with Crippen molar-refractivity contribution in [3.05, 3.63) is 88.9 Å². The Kier molecular flexibility index (Phi) is 6.28. The minimum absolute atomic E-state index is 0.0118. The van der Waals surface area contributed by atoms with Gasteiger partial charge in [0, 0.05) is 23.9 Å². The lowest BCUT2D eigenvalue weighted by atomic mass is 10.0. The van der Waals surface area contributed by atoms with E-state index in [-0.39, 0.29) is 29.8 Å². The molecule has 1 aliphatic carbocycles. The predicted octanol–water partition coefficient (Wildman–Crippen LogP) is 4.53. The number of aliphatic hydroxyl groups is 1. The second-order valence-corrected chi connectivity index (χ2v) is 9.52. The van der Waals surface area contributed by atoms with Crippen LogP contribution in [0.3, 0.4) is 0 Å². The maximum Gasteiger partial charge on any atom is 0.253 e. The molecule has 4 aromatic rings. The van der Waals surface area contributed by atoms with Gasteiger partial charge < -0.3 is 15.7 Å². The number of rotatable bonds is 8. The van der Waals surface area contributed by atoms with Gasteiger partial charge in [-0.25, -0.2) is 9.50 Å². The number of anilines is 2. The number of nitrogens with zero attached hydrogens (tertiary/aromatic N) is 3. The first-order chi connectivity index (χ1) is 17.3. The average molecular weight is 484 g/mol. The minimum Gasteiger partial charge on any atom is -0.393 e. The monoisotopic (exact) mass is 483 g/mol. The van der Waals surface area contributed by atoms with Crippen LogP contribution in [-0.4, -0.2) is 37.5 Å². The number of nitrogens with one attached hydrogen (secondary N) is 2. The Labute approximate surface area is 209 Å². The van der Waals surface area contributed by atoms with Gasteiger partial charge in [0.25, 0.3) is 5.91 Å². The van der Waals surface area contributed by atoms with Crippen molar-refractivity contribution >= 4 is 28.7 Å². The molecule has 184 valence electrons. The lowest BCUT2D eigenvalue weighted by molar-refractivity contribution is 0.0937. The third kappa shape index (κ3) is 4.72. The first-order valence-electron chi connectivity index (χ1n) is 12.1. The smallest absolute Gasteiger partial charge is 0.253 e. The molecule has 0 bridgehead atoms. The summed E-state index contributed by atoms with van der Waals surface area (Å²) in [6.07, 6.45) is 3.82. The molecule has 2 aromatic carbocycles. The SMILES string of the molecule is Cc1ccc(C(=O)C[C@H]2C[C@@H]2O)cc1Nc1ncnn2cc(C(=O)N[C@@H](C)c3ccccc3)c(C)c12. The number of hydrogen-bond acceptors (Lipinski definition) is 6. The van der Waals surface area contributed by atoms with Crippen LogP contribution in [0, 0.1) is 19.8 Å². The molecule has 0 spiro atoms. The molecule has 8 heteroatoms. The summed E-state index contributed by atoms with van der Waals surface area (Å²) in [4.78, 5) is 30.2. The quantitative estimate of drug-likeness (QED) is 0.318. The standard InChI is InChI=1S/C28H29N5O3/c1-16-9-10-20(24(34)12-21-13-25(21)35)11-23(16)32-27-26-17(2)22(14-33(26)30-15-29-27)28(36)31-18(3)19-7-5-4-6-8-19/h4-11,14-15,18,21,25,35H,12-13H2,1-3H3,(H,31,36)(H,29,30,32)/t18-,21-,25-/m0/s1. The van der Waals surface area contributed by atoms with E-state index in [0.29, 0.717) is 35.3 Å². The zero-order valence-electron chi connectivity index (χ0n) is 20.5. The summed E-state index contributed by atoms with van der Waals surface area (Å²) in [5.74, 6) is 0.432. The van der Waals surface area contributed by atoms with Gasteiger partial charge in [0.2, 0.25) is 0 Å². The summed E-state index contributed by atoms with van der Waals surface area (Å²) in [7, 11) is 0. The third-order valence-corrected chi connectivity index (χ3v) is 6.86.